The molecule has 8 aromatic carbocycles. The Morgan fingerprint density at radius 3 is 1.21 bits per heavy atom. The second-order valence-electron chi connectivity index (χ2n) is 14.6. The molecule has 0 unspecified atom stereocenters. The van der Waals surface area contributed by atoms with Gasteiger partial charge in [0.1, 0.15) is 6.07 Å². The molecule has 5 nitrogen and oxygen atoms in total. The average Bonchev–Trinajstić information content (AvgIpc) is 3.99. The van der Waals surface area contributed by atoms with Crippen LogP contribution in [0.1, 0.15) is 38.8 Å². The number of benzene rings is 8. The molecule has 0 aliphatic rings. The number of para-hydroxylation sites is 5. The first kappa shape index (κ1) is 39.7. The van der Waals surface area contributed by atoms with Gasteiger partial charge >= 0.3 is 0 Å². The first-order chi connectivity index (χ1) is 30.6. The molecule has 0 spiro atoms. The molecule has 0 atom stereocenters. The topological polar surface area (TPSA) is 62.4 Å². The van der Waals surface area contributed by atoms with E-state index in [9.17, 15) is 10.5 Å². The van der Waals surface area contributed by atoms with Crippen molar-refractivity contribution in [1.29, 1.82) is 10.5 Å². The molecule has 0 saturated carbocycles. The zero-order chi connectivity index (χ0) is 42.7. The number of nitrogens with zero attached hydrogens (tertiary/aromatic N) is 5. The fourth-order valence-corrected chi connectivity index (χ4v) is 9.55. The summed E-state index contributed by atoms with van der Waals surface area (Å²) in [5, 5.41) is 26.4. The van der Waals surface area contributed by atoms with E-state index < -0.39 is 0 Å². The van der Waals surface area contributed by atoms with E-state index in [2.05, 4.69) is 184 Å². The Morgan fingerprint density at radius 2 is 0.823 bits per heavy atom. The average molecular weight is 818 g/mol. The van der Waals surface area contributed by atoms with Gasteiger partial charge in [0.2, 0.25) is 0 Å². The maximum atomic E-state index is 9.86. The van der Waals surface area contributed by atoms with Crippen molar-refractivity contribution in [2.75, 3.05) is 0 Å². The Kier molecular flexibility index (Phi) is 10.9. The molecule has 0 saturated heterocycles. The van der Waals surface area contributed by atoms with Gasteiger partial charge < -0.3 is 13.7 Å². The molecule has 0 bridgehead atoms. The molecule has 298 valence electrons. The minimum Gasteiger partial charge on any atom is -0.308 e. The summed E-state index contributed by atoms with van der Waals surface area (Å²) < 4.78 is 7.36. The summed E-state index contributed by atoms with van der Waals surface area (Å²) in [6, 6.07) is 66.2. The maximum absolute atomic E-state index is 9.86. The lowest BCUT2D eigenvalue weighted by atomic mass is 10.0. The van der Waals surface area contributed by atoms with Gasteiger partial charge in [-0.25, -0.2) is 0 Å². The Hall–Kier alpha value is -7.77. The molecule has 0 aliphatic carbocycles. The van der Waals surface area contributed by atoms with Crippen LogP contribution in [0.4, 0.5) is 0 Å². The summed E-state index contributed by atoms with van der Waals surface area (Å²) in [5.41, 5.74) is 11.2. The number of hydrogen-bond donors (Lipinski definition) is 0. The van der Waals surface area contributed by atoms with E-state index in [1.54, 1.807) is 12.1 Å². The van der Waals surface area contributed by atoms with Crippen LogP contribution in [0.2, 0.25) is 0 Å². The molecule has 0 aliphatic heterocycles. The van der Waals surface area contributed by atoms with Crippen LogP contribution in [0.5, 0.6) is 0 Å². The van der Waals surface area contributed by atoms with E-state index in [1.807, 2.05) is 45.9 Å². The van der Waals surface area contributed by atoms with Gasteiger partial charge in [-0.15, -0.1) is 0 Å². The third-order valence-corrected chi connectivity index (χ3v) is 12.3. The Balaban J connectivity index is 0.000000775. The Morgan fingerprint density at radius 1 is 0.435 bits per heavy atom. The number of fused-ring (bicyclic) bond motifs is 12. The van der Waals surface area contributed by atoms with Crippen molar-refractivity contribution in [3.63, 3.8) is 0 Å². The Labute approximate surface area is 365 Å². The lowest BCUT2D eigenvalue weighted by molar-refractivity contribution is 1.17. The normalized spacial score (nSPS) is 11.2. The van der Waals surface area contributed by atoms with Gasteiger partial charge in [-0.3, -0.25) is 0 Å². The van der Waals surface area contributed by atoms with Crippen LogP contribution in [0.25, 0.3) is 82.5 Å². The number of hydrogen-bond acceptors (Lipinski definition) is 3. The molecule has 11 aromatic rings. The lowest BCUT2D eigenvalue weighted by Crippen LogP contribution is -1.98. The van der Waals surface area contributed by atoms with E-state index in [1.165, 1.54) is 55.1 Å². The highest BCUT2D eigenvalue weighted by molar-refractivity contribution is 7.99. The standard InChI is InChI=1S/C50H29N5S.C4H8.C2H6/c51-30-32-23-28-44(33(29-32)31-52)56-37-26-24-36(25-27-37)55-43-22-12-9-19-40(43)47-49-45(38-17-7-10-20-41(38)53(49)34-13-3-1-4-14-34)48-46(50(47)55)39-18-8-11-21-42(39)54(48)35-15-5-2-6-16-35;1-3-4-2;1-2/h1-29H;3-4H,1-2H3;1-2H3/b;4-3-;. The highest BCUT2D eigenvalue weighted by atomic mass is 32.2. The molecule has 3 aromatic heterocycles. The second-order valence-corrected chi connectivity index (χ2v) is 15.7. The molecule has 62 heavy (non-hydrogen) atoms. The molecule has 11 rings (SSSR count). The summed E-state index contributed by atoms with van der Waals surface area (Å²) in [6.07, 6.45) is 4.00. The van der Waals surface area contributed by atoms with Crippen molar-refractivity contribution in [2.45, 2.75) is 37.5 Å². The van der Waals surface area contributed by atoms with E-state index >= 15 is 0 Å². The largest absolute Gasteiger partial charge is 0.308 e. The molecule has 0 N–H and O–H groups in total. The summed E-state index contributed by atoms with van der Waals surface area (Å²) in [4.78, 5) is 1.83. The molecule has 6 heteroatoms. The van der Waals surface area contributed by atoms with Gasteiger partial charge in [0, 0.05) is 59.2 Å². The van der Waals surface area contributed by atoms with E-state index in [-0.39, 0.29) is 0 Å². The van der Waals surface area contributed by atoms with Gasteiger partial charge in [-0.05, 0) is 98.8 Å². The van der Waals surface area contributed by atoms with Gasteiger partial charge in [0.05, 0.1) is 50.3 Å². The predicted molar refractivity (Wildman–Crippen MR) is 261 cm³/mol. The third kappa shape index (κ3) is 6.50. The van der Waals surface area contributed by atoms with Gasteiger partial charge in [0.25, 0.3) is 0 Å². The summed E-state index contributed by atoms with van der Waals surface area (Å²) in [7, 11) is 0. The SMILES string of the molecule is C/C=C\C.CC.N#Cc1ccc(Sc2ccc(-n3c4ccccc4c4c5c(c6ccccc6n5-c5ccccc5)c5c(c6ccccc6n5-c5ccccc5)c43)cc2)c(C#N)c1. The predicted octanol–water partition coefficient (Wildman–Crippen LogP) is 15.5. The van der Waals surface area contributed by atoms with E-state index in [0.29, 0.717) is 11.1 Å². The summed E-state index contributed by atoms with van der Waals surface area (Å²) >= 11 is 1.53. The van der Waals surface area contributed by atoms with Crippen molar-refractivity contribution in [1.82, 2.24) is 13.7 Å². The lowest BCUT2D eigenvalue weighted by Gasteiger charge is -2.14. The highest BCUT2D eigenvalue weighted by Crippen LogP contribution is 2.50. The van der Waals surface area contributed by atoms with Crippen LogP contribution in [0.15, 0.2) is 198 Å². The van der Waals surface area contributed by atoms with Crippen LogP contribution in [-0.4, -0.2) is 13.7 Å². The molecule has 3 heterocycles. The van der Waals surface area contributed by atoms with Crippen LogP contribution in [0.3, 0.4) is 0 Å². The van der Waals surface area contributed by atoms with Crippen molar-refractivity contribution in [3.8, 4) is 29.2 Å². The number of aromatic nitrogens is 3. The van der Waals surface area contributed by atoms with Crippen molar-refractivity contribution in [3.05, 3.63) is 199 Å². The van der Waals surface area contributed by atoms with Crippen molar-refractivity contribution < 1.29 is 0 Å². The smallest absolute Gasteiger partial charge is 0.100 e. The molecular weight excluding hydrogens is 775 g/mol. The zero-order valence-corrected chi connectivity index (χ0v) is 35.9. The third-order valence-electron chi connectivity index (χ3n) is 11.2. The molecule has 0 fully saturated rings. The first-order valence-electron chi connectivity index (χ1n) is 21.0. The second kappa shape index (κ2) is 17.1. The van der Waals surface area contributed by atoms with Crippen LogP contribution < -0.4 is 0 Å². The summed E-state index contributed by atoms with van der Waals surface area (Å²) in [5.74, 6) is 0. The number of allylic oxidation sites excluding steroid dienone is 2. The summed E-state index contributed by atoms with van der Waals surface area (Å²) in [6.45, 7) is 8.00. The van der Waals surface area contributed by atoms with Crippen molar-refractivity contribution >= 4 is 77.2 Å². The van der Waals surface area contributed by atoms with Gasteiger partial charge in [0.15, 0.2) is 0 Å². The van der Waals surface area contributed by atoms with E-state index in [4.69, 9.17) is 0 Å². The number of nitriles is 2. The maximum Gasteiger partial charge on any atom is 0.100 e. The van der Waals surface area contributed by atoms with Crippen molar-refractivity contribution in [2.24, 2.45) is 0 Å². The first-order valence-corrected chi connectivity index (χ1v) is 21.8. The van der Waals surface area contributed by atoms with Gasteiger partial charge in [-0.2, -0.15) is 10.5 Å². The monoisotopic (exact) mass is 817 g/mol. The van der Waals surface area contributed by atoms with Crippen LogP contribution in [0, 0.1) is 22.7 Å². The Bertz CT molecular complexity index is 3460. The fourth-order valence-electron chi connectivity index (χ4n) is 8.67. The highest BCUT2D eigenvalue weighted by Gasteiger charge is 2.28. The zero-order valence-electron chi connectivity index (χ0n) is 35.0. The minimum atomic E-state index is 0.480. The number of rotatable bonds is 5. The quantitative estimate of drug-likeness (QED) is 0.163. The molecule has 0 radical (unpaired) electrons. The van der Waals surface area contributed by atoms with Crippen LogP contribution in [-0.2, 0) is 0 Å². The minimum absolute atomic E-state index is 0.480. The molecule has 0 amide bonds. The van der Waals surface area contributed by atoms with Gasteiger partial charge in [-0.1, -0.05) is 129 Å². The van der Waals surface area contributed by atoms with E-state index in [0.717, 1.165) is 48.9 Å². The fraction of sp³-hybridized carbons (Fsp3) is 0.0714. The molecular formula is C56H43N5S. The van der Waals surface area contributed by atoms with Crippen LogP contribution >= 0.6 is 11.8 Å².